The largest absolute Gasteiger partial charge is 0.391 e. The second-order valence-corrected chi connectivity index (χ2v) is 5.90. The average molecular weight is 284 g/mol. The minimum absolute atomic E-state index is 0.0611. The summed E-state index contributed by atoms with van der Waals surface area (Å²) in [5, 5.41) is 14.0. The lowest BCUT2D eigenvalue weighted by molar-refractivity contribution is 0.144. The van der Waals surface area contributed by atoms with Gasteiger partial charge in [0.15, 0.2) is 0 Å². The summed E-state index contributed by atoms with van der Waals surface area (Å²) in [4.78, 5) is 8.35. The van der Waals surface area contributed by atoms with Crippen LogP contribution < -0.4 is 5.32 Å². The van der Waals surface area contributed by atoms with E-state index in [1.165, 1.54) is 12.7 Å². The third kappa shape index (κ3) is 3.57. The molecule has 19 heavy (non-hydrogen) atoms. The van der Waals surface area contributed by atoms with Gasteiger partial charge in [0.2, 0.25) is 0 Å². The summed E-state index contributed by atoms with van der Waals surface area (Å²) in [6.45, 7) is 4.14. The van der Waals surface area contributed by atoms with Crippen LogP contribution in [0.1, 0.15) is 57.4 Å². The van der Waals surface area contributed by atoms with E-state index in [0.29, 0.717) is 5.15 Å². The van der Waals surface area contributed by atoms with Crippen LogP contribution in [0.15, 0.2) is 6.33 Å². The molecule has 2 atom stereocenters. The summed E-state index contributed by atoms with van der Waals surface area (Å²) in [5.74, 6) is 1.01. The Bertz CT molecular complexity index is 425. The van der Waals surface area contributed by atoms with Gasteiger partial charge in [0.25, 0.3) is 0 Å². The Morgan fingerprint density at radius 1 is 1.26 bits per heavy atom. The van der Waals surface area contributed by atoms with Crippen LogP contribution in [-0.4, -0.2) is 27.2 Å². The minimum Gasteiger partial charge on any atom is -0.391 e. The molecule has 0 aliphatic heterocycles. The van der Waals surface area contributed by atoms with Gasteiger partial charge in [-0.25, -0.2) is 9.97 Å². The molecule has 1 aliphatic rings. The highest BCUT2D eigenvalue weighted by Gasteiger charge is 2.24. The molecule has 2 rings (SSSR count). The van der Waals surface area contributed by atoms with E-state index in [-0.39, 0.29) is 18.1 Å². The third-order valence-corrected chi connectivity index (χ3v) is 4.02. The molecule has 1 saturated carbocycles. The summed E-state index contributed by atoms with van der Waals surface area (Å²) in [5.41, 5.74) is 0.931. The zero-order chi connectivity index (χ0) is 13.8. The fourth-order valence-electron chi connectivity index (χ4n) is 2.63. The van der Waals surface area contributed by atoms with Crippen molar-refractivity contribution in [2.75, 3.05) is 5.32 Å². The SMILES string of the molecule is CC(C)c1c(Cl)ncnc1NC1CCCCCC1O. The predicted molar refractivity (Wildman–Crippen MR) is 77.6 cm³/mol. The molecule has 5 heteroatoms. The highest BCUT2D eigenvalue weighted by Crippen LogP contribution is 2.30. The fourth-order valence-corrected chi connectivity index (χ4v) is 2.98. The molecule has 0 amide bonds. The Balaban J connectivity index is 2.20. The molecule has 106 valence electrons. The van der Waals surface area contributed by atoms with E-state index in [2.05, 4.69) is 29.1 Å². The Morgan fingerprint density at radius 3 is 2.74 bits per heavy atom. The Hall–Kier alpha value is -0.870. The number of nitrogens with zero attached hydrogens (tertiary/aromatic N) is 2. The zero-order valence-electron chi connectivity index (χ0n) is 11.6. The zero-order valence-corrected chi connectivity index (χ0v) is 12.3. The number of nitrogens with one attached hydrogen (secondary N) is 1. The van der Waals surface area contributed by atoms with Crippen LogP contribution in [0.5, 0.6) is 0 Å². The van der Waals surface area contributed by atoms with Crippen molar-refractivity contribution in [1.29, 1.82) is 0 Å². The number of hydrogen-bond acceptors (Lipinski definition) is 4. The maximum atomic E-state index is 10.2. The number of aliphatic hydroxyl groups excluding tert-OH is 1. The van der Waals surface area contributed by atoms with Crippen LogP contribution in [-0.2, 0) is 0 Å². The van der Waals surface area contributed by atoms with Gasteiger partial charge in [-0.2, -0.15) is 0 Å². The summed E-state index contributed by atoms with van der Waals surface area (Å²) < 4.78 is 0. The summed E-state index contributed by atoms with van der Waals surface area (Å²) in [6, 6.07) is 0.0611. The van der Waals surface area contributed by atoms with Crippen molar-refractivity contribution in [1.82, 2.24) is 9.97 Å². The molecule has 4 nitrogen and oxygen atoms in total. The van der Waals surface area contributed by atoms with Gasteiger partial charge in [0, 0.05) is 5.56 Å². The van der Waals surface area contributed by atoms with Gasteiger partial charge >= 0.3 is 0 Å². The lowest BCUT2D eigenvalue weighted by atomic mass is 10.0. The molecule has 0 radical (unpaired) electrons. The van der Waals surface area contributed by atoms with Crippen molar-refractivity contribution in [2.45, 2.75) is 64.0 Å². The van der Waals surface area contributed by atoms with Crippen molar-refractivity contribution >= 4 is 17.4 Å². The molecule has 0 bridgehead atoms. The molecule has 1 fully saturated rings. The van der Waals surface area contributed by atoms with Crippen LogP contribution in [0.25, 0.3) is 0 Å². The monoisotopic (exact) mass is 283 g/mol. The Labute approximate surface area is 119 Å². The molecular formula is C14H22ClN3O. The number of aromatic nitrogens is 2. The third-order valence-electron chi connectivity index (χ3n) is 3.71. The average Bonchev–Trinajstić information content (AvgIpc) is 2.54. The Morgan fingerprint density at radius 2 is 2.00 bits per heavy atom. The maximum Gasteiger partial charge on any atom is 0.138 e. The number of anilines is 1. The van der Waals surface area contributed by atoms with Gasteiger partial charge in [-0.3, -0.25) is 0 Å². The number of aliphatic hydroxyl groups is 1. The van der Waals surface area contributed by atoms with Gasteiger partial charge in [-0.15, -0.1) is 0 Å². The molecule has 0 aromatic carbocycles. The van der Waals surface area contributed by atoms with Crippen LogP contribution in [0, 0.1) is 0 Å². The summed E-state index contributed by atoms with van der Waals surface area (Å²) in [7, 11) is 0. The highest BCUT2D eigenvalue weighted by molar-refractivity contribution is 6.30. The van der Waals surface area contributed by atoms with E-state index < -0.39 is 0 Å². The molecule has 1 aromatic rings. The highest BCUT2D eigenvalue weighted by atomic mass is 35.5. The first-order valence-corrected chi connectivity index (χ1v) is 7.42. The van der Waals surface area contributed by atoms with Gasteiger partial charge in [0.05, 0.1) is 12.1 Å². The quantitative estimate of drug-likeness (QED) is 0.660. The van der Waals surface area contributed by atoms with E-state index in [1.807, 2.05) is 0 Å². The van der Waals surface area contributed by atoms with Gasteiger partial charge < -0.3 is 10.4 Å². The van der Waals surface area contributed by atoms with Crippen molar-refractivity contribution in [3.05, 3.63) is 17.0 Å². The molecule has 1 aliphatic carbocycles. The van der Waals surface area contributed by atoms with Crippen LogP contribution >= 0.6 is 11.6 Å². The smallest absolute Gasteiger partial charge is 0.138 e. The first-order valence-electron chi connectivity index (χ1n) is 7.04. The molecule has 0 spiro atoms. The molecule has 1 heterocycles. The molecule has 1 aromatic heterocycles. The van der Waals surface area contributed by atoms with Gasteiger partial charge in [-0.1, -0.05) is 44.7 Å². The fraction of sp³-hybridized carbons (Fsp3) is 0.714. The lowest BCUT2D eigenvalue weighted by Crippen LogP contribution is -2.33. The topological polar surface area (TPSA) is 58.0 Å². The summed E-state index contributed by atoms with van der Waals surface area (Å²) in [6.07, 6.45) is 6.42. The van der Waals surface area contributed by atoms with Crippen LogP contribution in [0.3, 0.4) is 0 Å². The molecule has 2 N–H and O–H groups in total. The maximum absolute atomic E-state index is 10.2. The Kier molecular flexibility index (Phi) is 4.99. The van der Waals surface area contributed by atoms with Crippen LogP contribution in [0.4, 0.5) is 5.82 Å². The standard InChI is InChI=1S/C14H22ClN3O/c1-9(2)12-13(15)16-8-17-14(12)18-10-6-4-3-5-7-11(10)19/h8-11,19H,3-7H2,1-2H3,(H,16,17,18). The molecule has 2 unspecified atom stereocenters. The minimum atomic E-state index is -0.309. The van der Waals surface area contributed by atoms with Gasteiger partial charge in [-0.05, 0) is 18.8 Å². The predicted octanol–water partition coefficient (Wildman–Crippen LogP) is 3.36. The van der Waals surface area contributed by atoms with E-state index in [4.69, 9.17) is 11.6 Å². The van der Waals surface area contributed by atoms with E-state index in [0.717, 1.165) is 37.1 Å². The molecular weight excluding hydrogens is 262 g/mol. The summed E-state index contributed by atoms with van der Waals surface area (Å²) >= 11 is 6.16. The van der Waals surface area contributed by atoms with Crippen LogP contribution in [0.2, 0.25) is 5.15 Å². The number of rotatable bonds is 3. The van der Waals surface area contributed by atoms with Crippen molar-refractivity contribution in [3.8, 4) is 0 Å². The van der Waals surface area contributed by atoms with Crippen molar-refractivity contribution in [2.24, 2.45) is 0 Å². The molecule has 0 saturated heterocycles. The second-order valence-electron chi connectivity index (χ2n) is 5.54. The lowest BCUT2D eigenvalue weighted by Gasteiger charge is -2.24. The number of hydrogen-bond donors (Lipinski definition) is 2. The van der Waals surface area contributed by atoms with Crippen molar-refractivity contribution < 1.29 is 5.11 Å². The van der Waals surface area contributed by atoms with E-state index >= 15 is 0 Å². The number of halogens is 1. The normalized spacial score (nSPS) is 24.3. The second kappa shape index (κ2) is 6.53. The first kappa shape index (κ1) is 14.5. The van der Waals surface area contributed by atoms with E-state index in [9.17, 15) is 5.11 Å². The van der Waals surface area contributed by atoms with Crippen molar-refractivity contribution in [3.63, 3.8) is 0 Å². The van der Waals surface area contributed by atoms with Gasteiger partial charge in [0.1, 0.15) is 17.3 Å². The first-order chi connectivity index (χ1) is 9.09. The van der Waals surface area contributed by atoms with E-state index in [1.54, 1.807) is 0 Å².